The third-order valence-corrected chi connectivity index (χ3v) is 3.72. The van der Waals surface area contributed by atoms with E-state index in [0.717, 1.165) is 37.0 Å². The summed E-state index contributed by atoms with van der Waals surface area (Å²) in [4.78, 5) is 7.48. The Labute approximate surface area is 111 Å². The van der Waals surface area contributed by atoms with E-state index >= 15 is 0 Å². The standard InChI is InChI=1S/C14H18FN3O/c1-2-13-9(5-6-19-13)8-16-14-17-11-4-3-10(15)7-12(11)18-14/h3-4,7,9,13H,2,5-6,8H2,1H3,(H2,16,17,18). The normalized spacial score (nSPS) is 23.1. The summed E-state index contributed by atoms with van der Waals surface area (Å²) in [5, 5.41) is 3.29. The molecule has 1 aromatic carbocycles. The highest BCUT2D eigenvalue weighted by molar-refractivity contribution is 5.77. The molecule has 1 aliphatic heterocycles. The lowest BCUT2D eigenvalue weighted by Crippen LogP contribution is -2.23. The van der Waals surface area contributed by atoms with Gasteiger partial charge in [-0.25, -0.2) is 9.37 Å². The largest absolute Gasteiger partial charge is 0.378 e. The number of aromatic amines is 1. The molecule has 5 heteroatoms. The quantitative estimate of drug-likeness (QED) is 0.891. The van der Waals surface area contributed by atoms with E-state index in [1.54, 1.807) is 6.07 Å². The number of rotatable bonds is 4. The van der Waals surface area contributed by atoms with Crippen molar-refractivity contribution in [2.75, 3.05) is 18.5 Å². The highest BCUT2D eigenvalue weighted by atomic mass is 19.1. The Hall–Kier alpha value is -1.62. The molecule has 1 aromatic heterocycles. The van der Waals surface area contributed by atoms with Gasteiger partial charge in [-0.15, -0.1) is 0 Å². The summed E-state index contributed by atoms with van der Waals surface area (Å²) in [7, 11) is 0. The molecule has 2 heterocycles. The van der Waals surface area contributed by atoms with Crippen molar-refractivity contribution in [2.24, 2.45) is 5.92 Å². The molecule has 0 radical (unpaired) electrons. The summed E-state index contributed by atoms with van der Waals surface area (Å²) < 4.78 is 18.7. The number of imidazole rings is 1. The Balaban J connectivity index is 1.68. The van der Waals surface area contributed by atoms with Gasteiger partial charge in [0.2, 0.25) is 5.95 Å². The second kappa shape index (κ2) is 5.17. The number of hydrogen-bond acceptors (Lipinski definition) is 3. The number of nitrogens with zero attached hydrogens (tertiary/aromatic N) is 1. The molecule has 0 saturated carbocycles. The summed E-state index contributed by atoms with van der Waals surface area (Å²) in [5.74, 6) is 0.968. The second-order valence-corrected chi connectivity index (χ2v) is 4.99. The Bertz CT molecular complexity index is 569. The van der Waals surface area contributed by atoms with E-state index in [2.05, 4.69) is 22.2 Å². The predicted molar refractivity (Wildman–Crippen MR) is 72.7 cm³/mol. The first kappa shape index (κ1) is 12.4. The van der Waals surface area contributed by atoms with Crippen LogP contribution < -0.4 is 5.32 Å². The molecule has 1 aliphatic rings. The fraction of sp³-hybridized carbons (Fsp3) is 0.500. The molecular weight excluding hydrogens is 245 g/mol. The zero-order valence-corrected chi connectivity index (χ0v) is 10.9. The lowest BCUT2D eigenvalue weighted by atomic mass is 10.00. The monoisotopic (exact) mass is 263 g/mol. The van der Waals surface area contributed by atoms with Gasteiger partial charge >= 0.3 is 0 Å². The number of halogens is 1. The van der Waals surface area contributed by atoms with Crippen LogP contribution in [0.15, 0.2) is 18.2 Å². The topological polar surface area (TPSA) is 49.9 Å². The zero-order chi connectivity index (χ0) is 13.2. The molecule has 4 nitrogen and oxygen atoms in total. The van der Waals surface area contributed by atoms with E-state index in [4.69, 9.17) is 4.74 Å². The molecule has 2 atom stereocenters. The summed E-state index contributed by atoms with van der Waals surface area (Å²) in [6, 6.07) is 4.56. The van der Waals surface area contributed by atoms with Gasteiger partial charge in [-0.3, -0.25) is 0 Å². The first-order valence-corrected chi connectivity index (χ1v) is 6.77. The summed E-state index contributed by atoms with van der Waals surface area (Å²) in [5.41, 5.74) is 1.50. The number of fused-ring (bicyclic) bond motifs is 1. The second-order valence-electron chi connectivity index (χ2n) is 4.99. The third kappa shape index (κ3) is 2.56. The Kier molecular flexibility index (Phi) is 3.38. The minimum atomic E-state index is -0.252. The molecule has 0 aliphatic carbocycles. The number of benzene rings is 1. The van der Waals surface area contributed by atoms with Gasteiger partial charge in [0.05, 0.1) is 17.1 Å². The first-order valence-electron chi connectivity index (χ1n) is 6.77. The van der Waals surface area contributed by atoms with Crippen LogP contribution in [-0.4, -0.2) is 29.2 Å². The van der Waals surface area contributed by atoms with E-state index in [0.29, 0.717) is 18.0 Å². The molecule has 2 aromatic rings. The van der Waals surface area contributed by atoms with Gasteiger partial charge < -0.3 is 15.0 Å². The third-order valence-electron chi connectivity index (χ3n) is 3.72. The van der Waals surface area contributed by atoms with Crippen molar-refractivity contribution >= 4 is 17.0 Å². The van der Waals surface area contributed by atoms with Crippen LogP contribution in [0.3, 0.4) is 0 Å². The minimum Gasteiger partial charge on any atom is -0.378 e. The van der Waals surface area contributed by atoms with E-state index in [1.807, 2.05) is 0 Å². The number of aromatic nitrogens is 2. The maximum atomic E-state index is 13.1. The number of nitrogens with one attached hydrogen (secondary N) is 2. The number of H-pyrrole nitrogens is 1. The van der Waals surface area contributed by atoms with Crippen molar-refractivity contribution in [3.05, 3.63) is 24.0 Å². The smallest absolute Gasteiger partial charge is 0.201 e. The molecule has 3 rings (SSSR count). The molecule has 102 valence electrons. The van der Waals surface area contributed by atoms with Crippen molar-refractivity contribution in [3.8, 4) is 0 Å². The van der Waals surface area contributed by atoms with Gasteiger partial charge in [0.1, 0.15) is 5.82 Å². The van der Waals surface area contributed by atoms with Crippen LogP contribution >= 0.6 is 0 Å². The molecule has 2 N–H and O–H groups in total. The van der Waals surface area contributed by atoms with E-state index in [9.17, 15) is 4.39 Å². The first-order chi connectivity index (χ1) is 9.26. The van der Waals surface area contributed by atoms with Crippen molar-refractivity contribution < 1.29 is 9.13 Å². The summed E-state index contributed by atoms with van der Waals surface area (Å²) >= 11 is 0. The van der Waals surface area contributed by atoms with Crippen molar-refractivity contribution in [2.45, 2.75) is 25.9 Å². The average Bonchev–Trinajstić information content (AvgIpc) is 3.01. The number of anilines is 1. The van der Waals surface area contributed by atoms with Crippen LogP contribution in [0.25, 0.3) is 11.0 Å². The van der Waals surface area contributed by atoms with Crippen LogP contribution in [0.4, 0.5) is 10.3 Å². The molecule has 0 bridgehead atoms. The van der Waals surface area contributed by atoms with Gasteiger partial charge in [-0.1, -0.05) is 6.92 Å². The fourth-order valence-corrected chi connectivity index (χ4v) is 2.67. The molecule has 0 amide bonds. The van der Waals surface area contributed by atoms with E-state index in [-0.39, 0.29) is 5.82 Å². The predicted octanol–water partition coefficient (Wildman–Crippen LogP) is 2.93. The SMILES string of the molecule is CCC1OCCC1CNc1nc2ccc(F)cc2[nH]1. The molecule has 0 spiro atoms. The minimum absolute atomic E-state index is 0.252. The number of ether oxygens (including phenoxy) is 1. The van der Waals surface area contributed by atoms with Crippen LogP contribution in [0.5, 0.6) is 0 Å². The van der Waals surface area contributed by atoms with Crippen LogP contribution in [-0.2, 0) is 4.74 Å². The van der Waals surface area contributed by atoms with Gasteiger partial charge in [0.25, 0.3) is 0 Å². The van der Waals surface area contributed by atoms with E-state index in [1.165, 1.54) is 12.1 Å². The van der Waals surface area contributed by atoms with Crippen molar-refractivity contribution in [1.29, 1.82) is 0 Å². The van der Waals surface area contributed by atoms with E-state index < -0.39 is 0 Å². The maximum Gasteiger partial charge on any atom is 0.201 e. The lowest BCUT2D eigenvalue weighted by molar-refractivity contribution is 0.0900. The highest BCUT2D eigenvalue weighted by Crippen LogP contribution is 2.24. The summed E-state index contributed by atoms with van der Waals surface area (Å²) in [6.45, 7) is 3.82. The van der Waals surface area contributed by atoms with Crippen molar-refractivity contribution in [1.82, 2.24) is 9.97 Å². The van der Waals surface area contributed by atoms with Gasteiger partial charge in [-0.05, 0) is 31.0 Å². The van der Waals surface area contributed by atoms with Crippen LogP contribution in [0.1, 0.15) is 19.8 Å². The zero-order valence-electron chi connectivity index (χ0n) is 10.9. The van der Waals surface area contributed by atoms with Crippen LogP contribution in [0.2, 0.25) is 0 Å². The lowest BCUT2D eigenvalue weighted by Gasteiger charge is -2.16. The molecular formula is C14H18FN3O. The van der Waals surface area contributed by atoms with Gasteiger partial charge in [0.15, 0.2) is 0 Å². The maximum absolute atomic E-state index is 13.1. The Morgan fingerprint density at radius 1 is 1.53 bits per heavy atom. The molecule has 1 saturated heterocycles. The van der Waals surface area contributed by atoms with Crippen molar-refractivity contribution in [3.63, 3.8) is 0 Å². The highest BCUT2D eigenvalue weighted by Gasteiger charge is 2.26. The van der Waals surface area contributed by atoms with Gasteiger partial charge in [-0.2, -0.15) is 0 Å². The Morgan fingerprint density at radius 3 is 3.26 bits per heavy atom. The number of hydrogen-bond donors (Lipinski definition) is 2. The molecule has 19 heavy (non-hydrogen) atoms. The fourth-order valence-electron chi connectivity index (χ4n) is 2.67. The van der Waals surface area contributed by atoms with Gasteiger partial charge in [0, 0.05) is 19.1 Å². The van der Waals surface area contributed by atoms with Crippen LogP contribution in [0, 0.1) is 11.7 Å². The summed E-state index contributed by atoms with van der Waals surface area (Å²) in [6.07, 6.45) is 2.47. The molecule has 2 unspecified atom stereocenters. The molecule has 1 fully saturated rings. The Morgan fingerprint density at radius 2 is 2.42 bits per heavy atom. The average molecular weight is 263 g/mol.